The first kappa shape index (κ1) is 11.1. The van der Waals surface area contributed by atoms with Crippen molar-refractivity contribution in [1.82, 2.24) is 4.57 Å². The maximum Gasteiger partial charge on any atom is 0.0856 e. The summed E-state index contributed by atoms with van der Waals surface area (Å²) in [6.07, 6.45) is 2.15. The summed E-state index contributed by atoms with van der Waals surface area (Å²) in [6, 6.07) is 11.0. The Morgan fingerprint density at radius 2 is 2.12 bits per heavy atom. The first-order valence-electron chi connectivity index (χ1n) is 5.33. The molecule has 0 spiro atoms. The number of fused-ring (bicyclic) bond motifs is 1. The maximum atomic E-state index is 8.64. The number of nitriles is 1. The van der Waals surface area contributed by atoms with Gasteiger partial charge in [0, 0.05) is 28.0 Å². The molecule has 0 fully saturated rings. The van der Waals surface area contributed by atoms with Gasteiger partial charge < -0.3 is 4.57 Å². The van der Waals surface area contributed by atoms with Crippen molar-refractivity contribution in [3.8, 4) is 6.07 Å². The lowest BCUT2D eigenvalue weighted by Gasteiger charge is -2.08. The molecule has 0 bridgehead atoms. The summed E-state index contributed by atoms with van der Waals surface area (Å²) in [5.74, 6) is 0.506. The molecule has 2 rings (SSSR count). The molecule has 2 aromatic rings. The molecule has 0 aliphatic rings. The number of benzene rings is 1. The van der Waals surface area contributed by atoms with Gasteiger partial charge in [-0.15, -0.1) is 11.8 Å². The summed E-state index contributed by atoms with van der Waals surface area (Å²) in [5, 5.41) is 9.88. The Morgan fingerprint density at radius 1 is 1.38 bits per heavy atom. The van der Waals surface area contributed by atoms with E-state index in [1.54, 1.807) is 11.8 Å². The standard InChI is InChI=1S/C13H14N2S/c1-10(2)15-9-13(16-8-7-14)11-5-3-4-6-12(11)15/h3-6,9-10H,8H2,1-2H3. The van der Waals surface area contributed by atoms with Gasteiger partial charge in [-0.25, -0.2) is 0 Å². The van der Waals surface area contributed by atoms with Gasteiger partial charge in [-0.3, -0.25) is 0 Å². The van der Waals surface area contributed by atoms with Crippen molar-refractivity contribution in [2.45, 2.75) is 24.8 Å². The Labute approximate surface area is 99.9 Å². The second kappa shape index (κ2) is 4.63. The molecule has 16 heavy (non-hydrogen) atoms. The molecule has 3 heteroatoms. The normalized spacial score (nSPS) is 10.9. The van der Waals surface area contributed by atoms with Crippen LogP contribution in [0.5, 0.6) is 0 Å². The number of para-hydroxylation sites is 1. The van der Waals surface area contributed by atoms with Crippen LogP contribution in [0.3, 0.4) is 0 Å². The predicted molar refractivity (Wildman–Crippen MR) is 68.7 cm³/mol. The zero-order chi connectivity index (χ0) is 11.5. The fourth-order valence-electron chi connectivity index (χ4n) is 1.82. The molecular weight excluding hydrogens is 216 g/mol. The third-order valence-electron chi connectivity index (χ3n) is 2.55. The Kier molecular flexibility index (Phi) is 3.21. The molecule has 0 aliphatic heterocycles. The molecule has 2 nitrogen and oxygen atoms in total. The molecule has 0 atom stereocenters. The highest BCUT2D eigenvalue weighted by Gasteiger charge is 2.09. The van der Waals surface area contributed by atoms with Gasteiger partial charge in [-0.05, 0) is 19.9 Å². The van der Waals surface area contributed by atoms with Crippen molar-refractivity contribution in [1.29, 1.82) is 5.26 Å². The number of hydrogen-bond donors (Lipinski definition) is 0. The molecule has 1 heterocycles. The van der Waals surface area contributed by atoms with E-state index in [1.165, 1.54) is 15.8 Å². The second-order valence-electron chi connectivity index (χ2n) is 3.96. The van der Waals surface area contributed by atoms with Gasteiger partial charge in [0.1, 0.15) is 0 Å². The molecular formula is C13H14N2S. The minimum atomic E-state index is 0.446. The lowest BCUT2D eigenvalue weighted by atomic mass is 10.2. The van der Waals surface area contributed by atoms with E-state index in [1.807, 2.05) is 6.07 Å². The smallest absolute Gasteiger partial charge is 0.0856 e. The minimum absolute atomic E-state index is 0.446. The zero-order valence-electron chi connectivity index (χ0n) is 9.47. The summed E-state index contributed by atoms with van der Waals surface area (Å²) in [7, 11) is 0. The Morgan fingerprint density at radius 3 is 2.81 bits per heavy atom. The van der Waals surface area contributed by atoms with Crippen LogP contribution in [0, 0.1) is 11.3 Å². The van der Waals surface area contributed by atoms with Crippen LogP contribution in [0.4, 0.5) is 0 Å². The molecule has 0 radical (unpaired) electrons. The van der Waals surface area contributed by atoms with E-state index in [9.17, 15) is 0 Å². The highest BCUT2D eigenvalue weighted by Crippen LogP contribution is 2.31. The van der Waals surface area contributed by atoms with Crippen LogP contribution in [0.2, 0.25) is 0 Å². The van der Waals surface area contributed by atoms with Gasteiger partial charge >= 0.3 is 0 Å². The highest BCUT2D eigenvalue weighted by atomic mass is 32.2. The van der Waals surface area contributed by atoms with Crippen molar-refractivity contribution >= 4 is 22.7 Å². The topological polar surface area (TPSA) is 28.7 Å². The van der Waals surface area contributed by atoms with Crippen LogP contribution in [-0.2, 0) is 0 Å². The third-order valence-corrected chi connectivity index (χ3v) is 3.46. The third kappa shape index (κ3) is 1.94. The van der Waals surface area contributed by atoms with Crippen LogP contribution in [-0.4, -0.2) is 10.3 Å². The molecule has 0 amide bonds. The van der Waals surface area contributed by atoms with E-state index < -0.39 is 0 Å². The van der Waals surface area contributed by atoms with Gasteiger partial charge in [0.15, 0.2) is 0 Å². The van der Waals surface area contributed by atoms with E-state index in [-0.39, 0.29) is 0 Å². The second-order valence-corrected chi connectivity index (χ2v) is 4.98. The average Bonchev–Trinajstić information content (AvgIpc) is 2.65. The van der Waals surface area contributed by atoms with Crippen LogP contribution in [0.15, 0.2) is 35.4 Å². The number of rotatable bonds is 3. The van der Waals surface area contributed by atoms with Gasteiger partial charge in [0.2, 0.25) is 0 Å². The van der Waals surface area contributed by atoms with Crippen molar-refractivity contribution in [3.63, 3.8) is 0 Å². The molecule has 0 saturated heterocycles. The fourth-order valence-corrected chi connectivity index (χ4v) is 2.56. The monoisotopic (exact) mass is 230 g/mol. The van der Waals surface area contributed by atoms with Crippen LogP contribution >= 0.6 is 11.8 Å². The highest BCUT2D eigenvalue weighted by molar-refractivity contribution is 7.99. The van der Waals surface area contributed by atoms with E-state index in [4.69, 9.17) is 5.26 Å². The van der Waals surface area contributed by atoms with Crippen molar-refractivity contribution < 1.29 is 0 Å². The quantitative estimate of drug-likeness (QED) is 0.750. The SMILES string of the molecule is CC(C)n1cc(SCC#N)c2ccccc21. The van der Waals surface area contributed by atoms with Crippen LogP contribution in [0.25, 0.3) is 10.9 Å². The lowest BCUT2D eigenvalue weighted by molar-refractivity contribution is 0.620. The summed E-state index contributed by atoms with van der Waals surface area (Å²) in [6.45, 7) is 4.34. The van der Waals surface area contributed by atoms with E-state index in [0.717, 1.165) is 0 Å². The van der Waals surface area contributed by atoms with Gasteiger partial charge in [0.25, 0.3) is 0 Å². The Bertz CT molecular complexity index is 534. The maximum absolute atomic E-state index is 8.64. The number of aromatic nitrogens is 1. The summed E-state index contributed by atoms with van der Waals surface area (Å²) in [5.41, 5.74) is 1.25. The zero-order valence-corrected chi connectivity index (χ0v) is 10.3. The fraction of sp³-hybridized carbons (Fsp3) is 0.308. The van der Waals surface area contributed by atoms with E-state index >= 15 is 0 Å². The number of thioether (sulfide) groups is 1. The summed E-state index contributed by atoms with van der Waals surface area (Å²) < 4.78 is 2.26. The predicted octanol–water partition coefficient (Wildman–Crippen LogP) is 3.84. The first-order chi connectivity index (χ1) is 7.74. The lowest BCUT2D eigenvalue weighted by Crippen LogP contribution is -1.97. The molecule has 0 aliphatic carbocycles. The van der Waals surface area contributed by atoms with Gasteiger partial charge in [-0.2, -0.15) is 5.26 Å². The first-order valence-corrected chi connectivity index (χ1v) is 6.32. The summed E-state index contributed by atoms with van der Waals surface area (Å²) in [4.78, 5) is 1.20. The molecule has 0 saturated carbocycles. The molecule has 1 aromatic heterocycles. The molecule has 1 aromatic carbocycles. The van der Waals surface area contributed by atoms with E-state index in [2.05, 4.69) is 48.9 Å². The van der Waals surface area contributed by atoms with Crippen LogP contribution in [0.1, 0.15) is 19.9 Å². The van der Waals surface area contributed by atoms with Gasteiger partial charge in [0.05, 0.1) is 11.8 Å². The van der Waals surface area contributed by atoms with E-state index in [0.29, 0.717) is 11.8 Å². The van der Waals surface area contributed by atoms with Crippen LogP contribution < -0.4 is 0 Å². The number of hydrogen-bond acceptors (Lipinski definition) is 2. The molecule has 82 valence electrons. The Hall–Kier alpha value is -1.40. The summed E-state index contributed by atoms with van der Waals surface area (Å²) >= 11 is 1.61. The Balaban J connectivity index is 2.54. The van der Waals surface area contributed by atoms with Crippen molar-refractivity contribution in [2.75, 3.05) is 5.75 Å². The molecule has 0 N–H and O–H groups in total. The number of nitrogens with zero attached hydrogens (tertiary/aromatic N) is 2. The van der Waals surface area contributed by atoms with Gasteiger partial charge in [-0.1, -0.05) is 18.2 Å². The average molecular weight is 230 g/mol. The minimum Gasteiger partial charge on any atom is -0.344 e. The largest absolute Gasteiger partial charge is 0.344 e. The molecule has 0 unspecified atom stereocenters. The van der Waals surface area contributed by atoms with Crippen molar-refractivity contribution in [3.05, 3.63) is 30.5 Å². The van der Waals surface area contributed by atoms with Crippen molar-refractivity contribution in [2.24, 2.45) is 0 Å².